The molecule has 0 fully saturated rings. The first kappa shape index (κ1) is 13.1. The lowest BCUT2D eigenvalue weighted by Gasteiger charge is -2.21. The summed E-state index contributed by atoms with van der Waals surface area (Å²) in [6.07, 6.45) is 2.78. The van der Waals surface area contributed by atoms with Gasteiger partial charge in [-0.05, 0) is 36.6 Å². The van der Waals surface area contributed by atoms with Crippen molar-refractivity contribution in [1.29, 1.82) is 0 Å². The molecular formula is C19H17N3. The van der Waals surface area contributed by atoms with Gasteiger partial charge in [0.15, 0.2) is 0 Å². The molecule has 22 heavy (non-hydrogen) atoms. The Morgan fingerprint density at radius 3 is 2.91 bits per heavy atom. The molecule has 0 saturated heterocycles. The maximum Gasteiger partial charge on any atom is 0.114 e. The molecule has 0 bridgehead atoms. The van der Waals surface area contributed by atoms with Crippen LogP contribution in [0.4, 0.5) is 0 Å². The zero-order valence-corrected chi connectivity index (χ0v) is 12.5. The average molecular weight is 287 g/mol. The quantitative estimate of drug-likeness (QED) is 0.644. The van der Waals surface area contributed by atoms with Crippen molar-refractivity contribution in [2.24, 2.45) is 0 Å². The predicted molar refractivity (Wildman–Crippen MR) is 88.6 cm³/mol. The highest BCUT2D eigenvalue weighted by atomic mass is 15.0. The summed E-state index contributed by atoms with van der Waals surface area (Å²) in [5.74, 6) is 3.19. The fourth-order valence-electron chi connectivity index (χ4n) is 3.23. The number of nitrogens with one attached hydrogen (secondary N) is 1. The summed E-state index contributed by atoms with van der Waals surface area (Å²) in [4.78, 5) is 4.29. The van der Waals surface area contributed by atoms with Crippen LogP contribution in [0.5, 0.6) is 0 Å². The Morgan fingerprint density at radius 1 is 1.18 bits per heavy atom. The molecule has 3 heteroatoms. The molecule has 3 nitrogen and oxygen atoms in total. The molecular weight excluding hydrogens is 270 g/mol. The Morgan fingerprint density at radius 2 is 2.05 bits per heavy atom. The monoisotopic (exact) mass is 287 g/mol. The number of aromatic nitrogens is 2. The summed E-state index contributed by atoms with van der Waals surface area (Å²) in [6.45, 7) is 3.22. The molecule has 108 valence electrons. The van der Waals surface area contributed by atoms with Gasteiger partial charge in [0.05, 0.1) is 5.52 Å². The fourth-order valence-corrected chi connectivity index (χ4v) is 3.23. The predicted octanol–water partition coefficient (Wildman–Crippen LogP) is 3.10. The molecule has 1 N–H and O–H groups in total. The van der Waals surface area contributed by atoms with E-state index in [2.05, 4.69) is 58.0 Å². The molecule has 3 heterocycles. The largest absolute Gasteiger partial charge is 0.310 e. The Hall–Kier alpha value is -2.57. The summed E-state index contributed by atoms with van der Waals surface area (Å²) in [5, 5.41) is 4.84. The van der Waals surface area contributed by atoms with E-state index in [9.17, 15) is 0 Å². The van der Waals surface area contributed by atoms with Gasteiger partial charge in [0.25, 0.3) is 0 Å². The van der Waals surface area contributed by atoms with E-state index in [1.807, 2.05) is 18.2 Å². The number of hydrogen-bond donors (Lipinski definition) is 1. The number of nitrogens with zero attached hydrogens (tertiary/aromatic N) is 2. The molecule has 2 aromatic heterocycles. The summed E-state index contributed by atoms with van der Waals surface area (Å²) < 4.78 is 2.15. The van der Waals surface area contributed by atoms with Crippen LogP contribution in [0.1, 0.15) is 29.9 Å². The summed E-state index contributed by atoms with van der Waals surface area (Å²) in [7, 11) is 0. The SMILES string of the molecule is CC1NCCc2c1c1ccccc1n2C#Cc1ccccn1. The van der Waals surface area contributed by atoms with E-state index in [1.54, 1.807) is 6.20 Å². The van der Waals surface area contributed by atoms with Crippen molar-refractivity contribution in [3.63, 3.8) is 0 Å². The molecule has 0 aliphatic carbocycles. The van der Waals surface area contributed by atoms with Crippen LogP contribution < -0.4 is 5.32 Å². The van der Waals surface area contributed by atoms with E-state index in [1.165, 1.54) is 22.2 Å². The standard InChI is InChI=1S/C19H17N3/c1-14-19-16-7-2-3-8-17(16)22(18(19)9-12-20-14)13-10-15-6-4-5-11-21-15/h2-8,11,14,20H,9,12H2,1H3. The second kappa shape index (κ2) is 5.32. The van der Waals surface area contributed by atoms with E-state index < -0.39 is 0 Å². The first-order chi connectivity index (χ1) is 10.8. The zero-order chi connectivity index (χ0) is 14.9. The molecule has 1 atom stereocenters. The maximum absolute atomic E-state index is 4.29. The zero-order valence-electron chi connectivity index (χ0n) is 12.5. The van der Waals surface area contributed by atoms with Crippen LogP contribution in [0.25, 0.3) is 10.9 Å². The minimum absolute atomic E-state index is 0.367. The summed E-state index contributed by atoms with van der Waals surface area (Å²) in [5.41, 5.74) is 4.70. The molecule has 0 radical (unpaired) electrons. The van der Waals surface area contributed by atoms with Crippen LogP contribution in [-0.2, 0) is 6.42 Å². The third kappa shape index (κ3) is 2.09. The van der Waals surface area contributed by atoms with Gasteiger partial charge in [-0.25, -0.2) is 4.98 Å². The lowest BCUT2D eigenvalue weighted by Crippen LogP contribution is -2.28. The van der Waals surface area contributed by atoms with Gasteiger partial charge in [-0.2, -0.15) is 0 Å². The second-order valence-electron chi connectivity index (χ2n) is 5.59. The highest BCUT2D eigenvalue weighted by Gasteiger charge is 2.23. The molecule has 0 spiro atoms. The van der Waals surface area contributed by atoms with Crippen molar-refractivity contribution in [3.05, 3.63) is 65.6 Å². The summed E-state index contributed by atoms with van der Waals surface area (Å²) in [6, 6.07) is 18.0. The van der Waals surface area contributed by atoms with Gasteiger partial charge in [0, 0.05) is 42.3 Å². The Balaban J connectivity index is 1.93. The van der Waals surface area contributed by atoms with E-state index >= 15 is 0 Å². The van der Waals surface area contributed by atoms with Crippen molar-refractivity contribution >= 4 is 10.9 Å². The van der Waals surface area contributed by atoms with Crippen LogP contribution in [-0.4, -0.2) is 16.1 Å². The van der Waals surface area contributed by atoms with Crippen molar-refractivity contribution in [3.8, 4) is 12.0 Å². The molecule has 1 aliphatic heterocycles. The Kier molecular flexibility index (Phi) is 3.17. The van der Waals surface area contributed by atoms with Gasteiger partial charge in [-0.1, -0.05) is 24.3 Å². The number of rotatable bonds is 0. The smallest absolute Gasteiger partial charge is 0.114 e. The Labute approximate surface area is 130 Å². The molecule has 3 aromatic rings. The number of benzene rings is 1. The minimum Gasteiger partial charge on any atom is -0.310 e. The fraction of sp³-hybridized carbons (Fsp3) is 0.211. The van der Waals surface area contributed by atoms with E-state index in [0.717, 1.165) is 18.7 Å². The Bertz CT molecular complexity index is 881. The van der Waals surface area contributed by atoms with Crippen molar-refractivity contribution < 1.29 is 0 Å². The maximum atomic E-state index is 4.29. The number of para-hydroxylation sites is 1. The molecule has 0 saturated carbocycles. The van der Waals surface area contributed by atoms with Gasteiger partial charge in [0.1, 0.15) is 5.69 Å². The van der Waals surface area contributed by atoms with Crippen molar-refractivity contribution in [2.45, 2.75) is 19.4 Å². The van der Waals surface area contributed by atoms with Gasteiger partial charge < -0.3 is 5.32 Å². The third-order valence-corrected chi connectivity index (χ3v) is 4.22. The highest BCUT2D eigenvalue weighted by Crippen LogP contribution is 2.33. The van der Waals surface area contributed by atoms with Crippen LogP contribution in [0, 0.1) is 12.0 Å². The molecule has 4 rings (SSSR count). The topological polar surface area (TPSA) is 29.9 Å². The van der Waals surface area contributed by atoms with Crippen LogP contribution in [0.2, 0.25) is 0 Å². The molecule has 1 unspecified atom stereocenters. The van der Waals surface area contributed by atoms with Gasteiger partial charge in [-0.15, -0.1) is 0 Å². The van der Waals surface area contributed by atoms with Crippen molar-refractivity contribution in [1.82, 2.24) is 14.9 Å². The second-order valence-corrected chi connectivity index (χ2v) is 5.59. The number of pyridine rings is 1. The van der Waals surface area contributed by atoms with E-state index in [4.69, 9.17) is 0 Å². The lowest BCUT2D eigenvalue weighted by molar-refractivity contribution is 0.537. The minimum atomic E-state index is 0.367. The van der Waals surface area contributed by atoms with Gasteiger partial charge >= 0.3 is 0 Å². The van der Waals surface area contributed by atoms with Crippen molar-refractivity contribution in [2.75, 3.05) is 6.54 Å². The van der Waals surface area contributed by atoms with Crippen LogP contribution in [0.3, 0.4) is 0 Å². The van der Waals surface area contributed by atoms with Gasteiger partial charge in [-0.3, -0.25) is 4.57 Å². The normalized spacial score (nSPS) is 16.9. The number of hydrogen-bond acceptors (Lipinski definition) is 2. The highest BCUT2D eigenvalue weighted by molar-refractivity contribution is 5.87. The molecule has 1 aliphatic rings. The van der Waals surface area contributed by atoms with Crippen LogP contribution in [0.15, 0.2) is 48.7 Å². The van der Waals surface area contributed by atoms with E-state index in [-0.39, 0.29) is 0 Å². The summed E-state index contributed by atoms with van der Waals surface area (Å²) >= 11 is 0. The first-order valence-corrected chi connectivity index (χ1v) is 7.63. The third-order valence-electron chi connectivity index (χ3n) is 4.22. The van der Waals surface area contributed by atoms with Crippen LogP contribution >= 0.6 is 0 Å². The average Bonchev–Trinajstić information content (AvgIpc) is 2.89. The van der Waals surface area contributed by atoms with Gasteiger partial charge in [0.2, 0.25) is 0 Å². The first-order valence-electron chi connectivity index (χ1n) is 7.63. The molecule has 0 amide bonds. The lowest BCUT2D eigenvalue weighted by atomic mass is 9.99. The molecule has 1 aromatic carbocycles. The number of fused-ring (bicyclic) bond motifs is 3. The van der Waals surface area contributed by atoms with E-state index in [0.29, 0.717) is 6.04 Å².